The predicted molar refractivity (Wildman–Crippen MR) is 72.4 cm³/mol. The fourth-order valence-electron chi connectivity index (χ4n) is 2.89. The Kier molecular flexibility index (Phi) is 5.19. The van der Waals surface area contributed by atoms with Crippen LogP contribution < -0.4 is 5.32 Å². The number of carbonyl (C=O) groups is 2. The van der Waals surface area contributed by atoms with Gasteiger partial charge in [-0.15, -0.1) is 0 Å². The molecule has 114 valence electrons. The Hall–Kier alpha value is -1.34. The normalized spacial score (nSPS) is 25.4. The summed E-state index contributed by atoms with van der Waals surface area (Å²) in [5.41, 5.74) is 0. The van der Waals surface area contributed by atoms with Gasteiger partial charge in [-0.1, -0.05) is 6.42 Å². The van der Waals surface area contributed by atoms with Gasteiger partial charge in [-0.3, -0.25) is 4.90 Å². The maximum atomic E-state index is 11.9. The Balaban J connectivity index is 1.74. The van der Waals surface area contributed by atoms with Crippen LogP contribution in [0, 0.1) is 0 Å². The molecule has 2 amide bonds. The molecule has 2 saturated heterocycles. The maximum Gasteiger partial charge on any atom is 0.334 e. The average molecular weight is 285 g/mol. The molecule has 20 heavy (non-hydrogen) atoms. The molecular weight excluding hydrogens is 262 g/mol. The highest BCUT2D eigenvalue weighted by atomic mass is 16.4. The summed E-state index contributed by atoms with van der Waals surface area (Å²) in [6, 6.07) is 0.134. The van der Waals surface area contributed by atoms with E-state index in [1.54, 1.807) is 4.90 Å². The van der Waals surface area contributed by atoms with Crippen molar-refractivity contribution >= 4 is 12.0 Å². The second kappa shape index (κ2) is 6.90. The van der Waals surface area contributed by atoms with Crippen molar-refractivity contribution in [3.8, 4) is 0 Å². The molecule has 7 heteroatoms. The average Bonchev–Trinajstić information content (AvgIpc) is 2.95. The molecule has 0 aromatic heterocycles. The highest BCUT2D eigenvalue weighted by molar-refractivity contribution is 5.77. The quantitative estimate of drug-likeness (QED) is 0.659. The molecule has 1 unspecified atom stereocenters. The molecule has 0 spiro atoms. The van der Waals surface area contributed by atoms with E-state index in [1.165, 1.54) is 19.3 Å². The topological polar surface area (TPSA) is 93.1 Å². The number of aliphatic hydroxyl groups excluding tert-OH is 1. The van der Waals surface area contributed by atoms with Crippen LogP contribution in [-0.2, 0) is 4.79 Å². The standard InChI is InChI=1S/C13H23N3O4/c17-11(12(18)19)8-14-13(20)16-7-4-10(9-16)15-5-2-1-3-6-15/h10-11,17H,1-9H2,(H,14,20)(H,18,19)/t10?,11-/m0/s1. The van der Waals surface area contributed by atoms with Crippen molar-refractivity contribution in [1.82, 2.24) is 15.1 Å². The van der Waals surface area contributed by atoms with Gasteiger partial charge in [0.05, 0.1) is 6.54 Å². The smallest absolute Gasteiger partial charge is 0.334 e. The van der Waals surface area contributed by atoms with Gasteiger partial charge in [-0.2, -0.15) is 0 Å². The van der Waals surface area contributed by atoms with E-state index in [2.05, 4.69) is 10.2 Å². The molecule has 7 nitrogen and oxygen atoms in total. The molecule has 2 atom stereocenters. The van der Waals surface area contributed by atoms with E-state index in [0.29, 0.717) is 19.1 Å². The van der Waals surface area contributed by atoms with Crippen LogP contribution in [0.5, 0.6) is 0 Å². The van der Waals surface area contributed by atoms with Crippen LogP contribution >= 0.6 is 0 Å². The number of urea groups is 1. The first-order valence-corrected chi connectivity index (χ1v) is 7.25. The first-order chi connectivity index (χ1) is 9.58. The Morgan fingerprint density at radius 2 is 1.90 bits per heavy atom. The summed E-state index contributed by atoms with van der Waals surface area (Å²) in [5, 5.41) is 20.2. The van der Waals surface area contributed by atoms with Crippen molar-refractivity contribution in [3.05, 3.63) is 0 Å². The lowest BCUT2D eigenvalue weighted by atomic mass is 10.1. The van der Waals surface area contributed by atoms with Gasteiger partial charge < -0.3 is 20.4 Å². The Labute approximate surface area is 118 Å². The number of carboxylic acids is 1. The summed E-state index contributed by atoms with van der Waals surface area (Å²) in [6.07, 6.45) is 3.18. The molecule has 3 N–H and O–H groups in total. The number of hydrogen-bond acceptors (Lipinski definition) is 4. The largest absolute Gasteiger partial charge is 0.479 e. The number of aliphatic carboxylic acids is 1. The lowest BCUT2D eigenvalue weighted by Gasteiger charge is -2.32. The summed E-state index contributed by atoms with van der Waals surface area (Å²) in [7, 11) is 0. The first-order valence-electron chi connectivity index (χ1n) is 7.25. The number of nitrogens with one attached hydrogen (secondary N) is 1. The zero-order chi connectivity index (χ0) is 14.5. The second-order valence-electron chi connectivity index (χ2n) is 5.53. The Morgan fingerprint density at radius 3 is 2.55 bits per heavy atom. The number of piperidine rings is 1. The Morgan fingerprint density at radius 1 is 1.20 bits per heavy atom. The minimum absolute atomic E-state index is 0.251. The van der Waals surface area contributed by atoms with Crippen molar-refractivity contribution < 1.29 is 19.8 Å². The van der Waals surface area contributed by atoms with Crippen molar-refractivity contribution in [2.24, 2.45) is 0 Å². The number of aliphatic hydroxyl groups is 1. The van der Waals surface area contributed by atoms with Crippen LogP contribution in [0.3, 0.4) is 0 Å². The summed E-state index contributed by atoms with van der Waals surface area (Å²) in [6.45, 7) is 3.35. The number of rotatable bonds is 4. The molecule has 0 aromatic carbocycles. The molecular formula is C13H23N3O4. The van der Waals surface area contributed by atoms with Gasteiger partial charge in [-0.05, 0) is 32.4 Å². The molecule has 2 aliphatic heterocycles. The fraction of sp³-hybridized carbons (Fsp3) is 0.846. The summed E-state index contributed by atoms with van der Waals surface area (Å²) in [4.78, 5) is 26.5. The van der Waals surface area contributed by atoms with Crippen molar-refractivity contribution in [3.63, 3.8) is 0 Å². The Bertz CT molecular complexity index is 358. The van der Waals surface area contributed by atoms with Crippen LogP contribution in [-0.4, -0.2) is 76.9 Å². The molecule has 0 aliphatic carbocycles. The predicted octanol–water partition coefficient (Wildman–Crippen LogP) is -0.298. The van der Waals surface area contributed by atoms with Crippen molar-refractivity contribution in [1.29, 1.82) is 0 Å². The van der Waals surface area contributed by atoms with E-state index in [-0.39, 0.29) is 12.6 Å². The molecule has 2 heterocycles. The van der Waals surface area contributed by atoms with Gasteiger partial charge in [-0.25, -0.2) is 9.59 Å². The molecule has 2 aliphatic rings. The molecule has 2 fully saturated rings. The van der Waals surface area contributed by atoms with Gasteiger partial charge in [0.1, 0.15) is 0 Å². The first kappa shape index (κ1) is 15.1. The maximum absolute atomic E-state index is 11.9. The van der Waals surface area contributed by atoms with Crippen molar-refractivity contribution in [2.45, 2.75) is 37.8 Å². The molecule has 0 saturated carbocycles. The second-order valence-corrected chi connectivity index (χ2v) is 5.53. The van der Waals surface area contributed by atoms with Gasteiger partial charge in [0.15, 0.2) is 6.10 Å². The lowest BCUT2D eigenvalue weighted by molar-refractivity contribution is -0.146. The van der Waals surface area contributed by atoms with E-state index >= 15 is 0 Å². The van der Waals surface area contributed by atoms with Crippen molar-refractivity contribution in [2.75, 3.05) is 32.7 Å². The molecule has 0 radical (unpaired) electrons. The van der Waals surface area contributed by atoms with Crippen LogP contribution in [0.15, 0.2) is 0 Å². The monoisotopic (exact) mass is 285 g/mol. The number of likely N-dealkylation sites (tertiary alicyclic amines) is 2. The zero-order valence-corrected chi connectivity index (χ0v) is 11.6. The molecule has 0 aromatic rings. The highest BCUT2D eigenvalue weighted by Gasteiger charge is 2.31. The highest BCUT2D eigenvalue weighted by Crippen LogP contribution is 2.20. The third kappa shape index (κ3) is 3.83. The summed E-state index contributed by atoms with van der Waals surface area (Å²) < 4.78 is 0. The number of carbonyl (C=O) groups excluding carboxylic acids is 1. The number of nitrogens with zero attached hydrogens (tertiary/aromatic N) is 2. The van der Waals surface area contributed by atoms with Crippen LogP contribution in [0.2, 0.25) is 0 Å². The lowest BCUT2D eigenvalue weighted by Crippen LogP contribution is -2.46. The van der Waals surface area contributed by atoms with E-state index in [4.69, 9.17) is 10.2 Å². The van der Waals surface area contributed by atoms with Crippen LogP contribution in [0.4, 0.5) is 4.79 Å². The van der Waals surface area contributed by atoms with Gasteiger partial charge in [0, 0.05) is 19.1 Å². The SMILES string of the molecule is O=C(O)[C@@H](O)CNC(=O)N1CCC(N2CCCCC2)C1. The van der Waals surface area contributed by atoms with Gasteiger partial charge in [0.25, 0.3) is 0 Å². The van der Waals surface area contributed by atoms with Gasteiger partial charge >= 0.3 is 12.0 Å². The minimum Gasteiger partial charge on any atom is -0.479 e. The van der Waals surface area contributed by atoms with E-state index in [9.17, 15) is 9.59 Å². The van der Waals surface area contributed by atoms with Crippen LogP contribution in [0.25, 0.3) is 0 Å². The van der Waals surface area contributed by atoms with Gasteiger partial charge in [0.2, 0.25) is 0 Å². The zero-order valence-electron chi connectivity index (χ0n) is 11.6. The third-order valence-electron chi connectivity index (χ3n) is 4.09. The number of amides is 2. The minimum atomic E-state index is -1.54. The van der Waals surface area contributed by atoms with E-state index in [1.807, 2.05) is 0 Å². The summed E-state index contributed by atoms with van der Waals surface area (Å²) >= 11 is 0. The van der Waals surface area contributed by atoms with E-state index in [0.717, 1.165) is 19.5 Å². The summed E-state index contributed by atoms with van der Waals surface area (Å²) in [5.74, 6) is -1.32. The fourth-order valence-corrected chi connectivity index (χ4v) is 2.89. The molecule has 2 rings (SSSR count). The van der Waals surface area contributed by atoms with Crippen LogP contribution in [0.1, 0.15) is 25.7 Å². The number of carboxylic acid groups (broad SMARTS) is 1. The number of hydrogen-bond donors (Lipinski definition) is 3. The third-order valence-corrected chi connectivity index (χ3v) is 4.09. The molecule has 0 bridgehead atoms. The van der Waals surface area contributed by atoms with E-state index < -0.39 is 12.1 Å².